The van der Waals surface area contributed by atoms with Gasteiger partial charge in [-0.25, -0.2) is 0 Å². The van der Waals surface area contributed by atoms with Crippen molar-refractivity contribution >= 4 is 12.4 Å². The Morgan fingerprint density at radius 2 is 1.25 bits per heavy atom. The highest BCUT2D eigenvalue weighted by molar-refractivity contribution is 5.85. The van der Waals surface area contributed by atoms with E-state index in [0.29, 0.717) is 12.1 Å². The molecule has 0 aliphatic heterocycles. The van der Waals surface area contributed by atoms with E-state index in [1.54, 1.807) is 0 Å². The van der Waals surface area contributed by atoms with Crippen LogP contribution in [0.15, 0.2) is 24.3 Å². The number of hydrogen-bond acceptors (Lipinski definition) is 1. The van der Waals surface area contributed by atoms with Crippen molar-refractivity contribution in [2.75, 3.05) is 6.54 Å². The Kier molecular flexibility index (Phi) is 4.69. The zero-order chi connectivity index (χ0) is 11.7. The van der Waals surface area contributed by atoms with Crippen molar-refractivity contribution in [1.82, 2.24) is 0 Å². The maximum Gasteiger partial charge on any atom is 0.416 e. The van der Waals surface area contributed by atoms with E-state index in [4.69, 9.17) is 5.73 Å². The Morgan fingerprint density at radius 1 is 0.875 bits per heavy atom. The summed E-state index contributed by atoms with van der Waals surface area (Å²) in [4.78, 5) is 0. The smallest absolute Gasteiger partial charge is 0.325 e. The lowest BCUT2D eigenvalue weighted by Crippen LogP contribution is -2.25. The highest BCUT2D eigenvalue weighted by atomic mass is 35.5. The molecule has 0 saturated carbocycles. The molecular weight excluding hydrogens is 253 g/mol. The first kappa shape index (κ1) is 15.1. The van der Waals surface area contributed by atoms with Crippen molar-refractivity contribution in [3.63, 3.8) is 0 Å². The van der Waals surface area contributed by atoms with Crippen LogP contribution < -0.4 is 5.73 Å². The summed E-state index contributed by atoms with van der Waals surface area (Å²) in [5, 5.41) is 0. The summed E-state index contributed by atoms with van der Waals surface area (Å²) in [6.45, 7) is -0.932. The standard InChI is InChI=1S/C9H8F5N.ClH/c10-8(11,5-15)6-1-3-7(4-2-6)9(12,13)14;/h1-4H,5,15H2;1H. The summed E-state index contributed by atoms with van der Waals surface area (Å²) in [5.74, 6) is -3.29. The van der Waals surface area contributed by atoms with Gasteiger partial charge in [-0.2, -0.15) is 22.0 Å². The zero-order valence-electron chi connectivity index (χ0n) is 7.89. The lowest BCUT2D eigenvalue weighted by molar-refractivity contribution is -0.137. The predicted molar refractivity (Wildman–Crippen MR) is 51.6 cm³/mol. The van der Waals surface area contributed by atoms with Gasteiger partial charge in [0.1, 0.15) is 0 Å². The van der Waals surface area contributed by atoms with Crippen molar-refractivity contribution < 1.29 is 22.0 Å². The van der Waals surface area contributed by atoms with Crippen LogP contribution in [0.25, 0.3) is 0 Å². The van der Waals surface area contributed by atoms with Crippen LogP contribution in [0.4, 0.5) is 22.0 Å². The largest absolute Gasteiger partial charge is 0.416 e. The second-order valence-electron chi connectivity index (χ2n) is 2.98. The molecule has 1 rings (SSSR count). The van der Waals surface area contributed by atoms with Gasteiger partial charge in [-0.15, -0.1) is 12.4 Å². The highest BCUT2D eigenvalue weighted by Crippen LogP contribution is 2.32. The molecule has 0 amide bonds. The fraction of sp³-hybridized carbons (Fsp3) is 0.333. The van der Waals surface area contributed by atoms with Crippen LogP contribution in [0.2, 0.25) is 0 Å². The van der Waals surface area contributed by atoms with Gasteiger partial charge < -0.3 is 5.73 Å². The minimum Gasteiger partial charge on any atom is -0.325 e. The molecule has 16 heavy (non-hydrogen) atoms. The van der Waals surface area contributed by atoms with Crippen LogP contribution in [0.3, 0.4) is 0 Å². The molecule has 0 spiro atoms. The molecule has 0 aliphatic carbocycles. The van der Waals surface area contributed by atoms with Crippen molar-refractivity contribution in [1.29, 1.82) is 0 Å². The second kappa shape index (κ2) is 4.97. The topological polar surface area (TPSA) is 26.0 Å². The minimum atomic E-state index is -4.52. The van der Waals surface area contributed by atoms with Crippen molar-refractivity contribution in [2.45, 2.75) is 12.1 Å². The van der Waals surface area contributed by atoms with E-state index in [-0.39, 0.29) is 12.4 Å². The molecule has 2 N–H and O–H groups in total. The van der Waals surface area contributed by atoms with Crippen molar-refractivity contribution in [3.8, 4) is 0 Å². The molecule has 1 nitrogen and oxygen atoms in total. The van der Waals surface area contributed by atoms with Crippen LogP contribution in [0.5, 0.6) is 0 Å². The number of rotatable bonds is 2. The molecule has 0 heterocycles. The summed E-state index contributed by atoms with van der Waals surface area (Å²) < 4.78 is 62.1. The fourth-order valence-electron chi connectivity index (χ4n) is 1.02. The quantitative estimate of drug-likeness (QED) is 0.813. The van der Waals surface area contributed by atoms with Crippen molar-refractivity contribution in [2.24, 2.45) is 5.73 Å². The monoisotopic (exact) mass is 261 g/mol. The average molecular weight is 262 g/mol. The molecule has 0 aromatic heterocycles. The minimum absolute atomic E-state index is 0. The zero-order valence-corrected chi connectivity index (χ0v) is 8.71. The van der Waals surface area contributed by atoms with Crippen LogP contribution in [-0.2, 0) is 12.1 Å². The van der Waals surface area contributed by atoms with E-state index in [1.807, 2.05) is 0 Å². The summed E-state index contributed by atoms with van der Waals surface area (Å²) in [7, 11) is 0. The number of nitrogens with two attached hydrogens (primary N) is 1. The SMILES string of the molecule is Cl.NCC(F)(F)c1ccc(C(F)(F)F)cc1. The number of benzene rings is 1. The molecule has 7 heteroatoms. The van der Waals surface area contributed by atoms with Gasteiger partial charge in [0.2, 0.25) is 0 Å². The fourth-order valence-corrected chi connectivity index (χ4v) is 1.02. The summed E-state index contributed by atoms with van der Waals surface area (Å²) in [6.07, 6.45) is -4.52. The van der Waals surface area contributed by atoms with E-state index in [0.717, 1.165) is 12.1 Å². The van der Waals surface area contributed by atoms with Crippen LogP contribution in [0.1, 0.15) is 11.1 Å². The third-order valence-corrected chi connectivity index (χ3v) is 1.89. The van der Waals surface area contributed by atoms with Gasteiger partial charge in [-0.05, 0) is 12.1 Å². The lowest BCUT2D eigenvalue weighted by Gasteiger charge is -2.15. The Morgan fingerprint density at radius 3 is 1.56 bits per heavy atom. The van der Waals surface area contributed by atoms with Crippen molar-refractivity contribution in [3.05, 3.63) is 35.4 Å². The van der Waals surface area contributed by atoms with Gasteiger partial charge >= 0.3 is 6.18 Å². The Balaban J connectivity index is 0.00000225. The highest BCUT2D eigenvalue weighted by Gasteiger charge is 2.33. The number of alkyl halides is 5. The van der Waals surface area contributed by atoms with Gasteiger partial charge in [0.25, 0.3) is 5.92 Å². The molecule has 0 unspecified atom stereocenters. The normalized spacial score (nSPS) is 12.1. The molecule has 0 fully saturated rings. The van der Waals surface area contributed by atoms with Crippen LogP contribution >= 0.6 is 12.4 Å². The lowest BCUT2D eigenvalue weighted by atomic mass is 10.1. The first-order chi connectivity index (χ1) is 6.77. The molecule has 0 aliphatic rings. The molecule has 1 aromatic carbocycles. The van der Waals surface area contributed by atoms with Gasteiger partial charge in [0.05, 0.1) is 12.1 Å². The number of hydrogen-bond donors (Lipinski definition) is 1. The Labute approximate surface area is 94.8 Å². The van der Waals surface area contributed by atoms with Crippen LogP contribution in [-0.4, -0.2) is 6.54 Å². The molecule has 0 saturated heterocycles. The third kappa shape index (κ3) is 3.31. The van der Waals surface area contributed by atoms with Gasteiger partial charge in [0.15, 0.2) is 0 Å². The summed E-state index contributed by atoms with van der Waals surface area (Å²) in [5.41, 5.74) is 3.32. The Bertz CT molecular complexity index is 333. The van der Waals surface area contributed by atoms with Gasteiger partial charge in [0, 0.05) is 5.56 Å². The first-order valence-electron chi connectivity index (χ1n) is 4.03. The first-order valence-corrected chi connectivity index (χ1v) is 4.03. The molecule has 0 bridgehead atoms. The summed E-state index contributed by atoms with van der Waals surface area (Å²) in [6, 6.07) is 2.68. The maximum absolute atomic E-state index is 12.9. The number of halogens is 6. The molecule has 0 atom stereocenters. The van der Waals surface area contributed by atoms with E-state index in [2.05, 4.69) is 0 Å². The van der Waals surface area contributed by atoms with E-state index >= 15 is 0 Å². The summed E-state index contributed by atoms with van der Waals surface area (Å²) >= 11 is 0. The molecule has 92 valence electrons. The molecule has 1 aromatic rings. The van der Waals surface area contributed by atoms with Crippen LogP contribution in [0, 0.1) is 0 Å². The van der Waals surface area contributed by atoms with Gasteiger partial charge in [-0.1, -0.05) is 12.1 Å². The molecular formula is C9H9ClF5N. The third-order valence-electron chi connectivity index (χ3n) is 1.89. The van der Waals surface area contributed by atoms with E-state index in [1.165, 1.54) is 0 Å². The maximum atomic E-state index is 12.9. The molecule has 0 radical (unpaired) electrons. The van der Waals surface area contributed by atoms with Gasteiger partial charge in [-0.3, -0.25) is 0 Å². The van der Waals surface area contributed by atoms with E-state index < -0.39 is 29.8 Å². The van der Waals surface area contributed by atoms with E-state index in [9.17, 15) is 22.0 Å². The average Bonchev–Trinajstić information content (AvgIpc) is 2.17. The Hall–Kier alpha value is -0.880. The second-order valence-corrected chi connectivity index (χ2v) is 2.98. The predicted octanol–water partition coefficient (Wildman–Crippen LogP) is 3.18.